The van der Waals surface area contributed by atoms with Crippen LogP contribution in [-0.2, 0) is 14.8 Å². The quantitative estimate of drug-likeness (QED) is 0.865. The van der Waals surface area contributed by atoms with Gasteiger partial charge in [-0.05, 0) is 51.1 Å². The Balaban J connectivity index is 1.83. The Hall–Kier alpha value is -1.90. The van der Waals surface area contributed by atoms with Gasteiger partial charge in [0, 0.05) is 22.7 Å². The summed E-state index contributed by atoms with van der Waals surface area (Å²) in [4.78, 5) is 15.6. The third-order valence-corrected chi connectivity index (χ3v) is 7.11. The van der Waals surface area contributed by atoms with E-state index in [0.29, 0.717) is 31.0 Å². The normalized spacial score (nSPS) is 17.1. The van der Waals surface area contributed by atoms with E-state index >= 15 is 0 Å². The van der Waals surface area contributed by atoms with Gasteiger partial charge in [0.2, 0.25) is 0 Å². The summed E-state index contributed by atoms with van der Waals surface area (Å²) in [5, 5.41) is 0. The molecule has 1 aliphatic heterocycles. The van der Waals surface area contributed by atoms with E-state index in [2.05, 4.69) is 4.72 Å². The molecule has 0 radical (unpaired) electrons. The summed E-state index contributed by atoms with van der Waals surface area (Å²) in [5.74, 6) is -0.133. The van der Waals surface area contributed by atoms with Crippen molar-refractivity contribution in [3.8, 4) is 0 Å². The van der Waals surface area contributed by atoms with Gasteiger partial charge in [-0.3, -0.25) is 9.52 Å². The van der Waals surface area contributed by atoms with Crippen LogP contribution in [0.5, 0.6) is 0 Å². The molecule has 0 atom stereocenters. The van der Waals surface area contributed by atoms with Crippen molar-refractivity contribution >= 4 is 33.0 Å². The highest BCUT2D eigenvalue weighted by Gasteiger charge is 2.34. The first kappa shape index (κ1) is 18.9. The summed E-state index contributed by atoms with van der Waals surface area (Å²) in [6.45, 7) is 7.25. The Morgan fingerprint density at radius 1 is 1.27 bits per heavy atom. The zero-order valence-corrected chi connectivity index (χ0v) is 16.6. The number of rotatable bonds is 4. The average molecular weight is 395 g/mol. The number of benzene rings is 1. The van der Waals surface area contributed by atoms with Crippen LogP contribution in [0, 0.1) is 6.92 Å². The maximum absolute atomic E-state index is 12.9. The molecule has 1 aliphatic rings. The van der Waals surface area contributed by atoms with Crippen molar-refractivity contribution in [2.75, 3.05) is 24.5 Å². The van der Waals surface area contributed by atoms with Crippen molar-refractivity contribution in [3.63, 3.8) is 0 Å². The van der Waals surface area contributed by atoms with E-state index in [1.54, 1.807) is 41.3 Å². The number of sulfonamides is 1. The first-order chi connectivity index (χ1) is 12.2. The van der Waals surface area contributed by atoms with Gasteiger partial charge in [0.1, 0.15) is 4.21 Å². The number of aryl methyl sites for hydroxylation is 1. The van der Waals surface area contributed by atoms with Crippen LogP contribution in [0.2, 0.25) is 0 Å². The van der Waals surface area contributed by atoms with E-state index in [9.17, 15) is 13.2 Å². The highest BCUT2D eigenvalue weighted by atomic mass is 32.2. The molecular weight excluding hydrogens is 372 g/mol. The smallest absolute Gasteiger partial charge is 0.271 e. The number of nitrogens with zero attached hydrogens (tertiary/aromatic N) is 1. The SMILES string of the molecule is Cc1ccc(S(=O)(=O)Nc2cccc(C(=O)N3CCOCC3(C)C)c2)s1. The number of carbonyl (C=O) groups excluding carboxylic acids is 1. The molecule has 0 unspecified atom stereocenters. The molecule has 6 nitrogen and oxygen atoms in total. The minimum Gasteiger partial charge on any atom is -0.377 e. The number of hydrogen-bond donors (Lipinski definition) is 1. The topological polar surface area (TPSA) is 75.7 Å². The Bertz CT molecular complexity index is 919. The van der Waals surface area contributed by atoms with Crippen LogP contribution < -0.4 is 4.72 Å². The molecule has 0 spiro atoms. The van der Waals surface area contributed by atoms with Crippen LogP contribution in [0.3, 0.4) is 0 Å². The van der Waals surface area contributed by atoms with E-state index in [4.69, 9.17) is 4.74 Å². The number of nitrogens with one attached hydrogen (secondary N) is 1. The summed E-state index contributed by atoms with van der Waals surface area (Å²) >= 11 is 1.21. The van der Waals surface area contributed by atoms with E-state index < -0.39 is 15.6 Å². The number of thiophene rings is 1. The van der Waals surface area contributed by atoms with Gasteiger partial charge in [-0.25, -0.2) is 8.42 Å². The fraction of sp³-hybridized carbons (Fsp3) is 0.389. The Labute approximate surface area is 157 Å². The van der Waals surface area contributed by atoms with Crippen LogP contribution >= 0.6 is 11.3 Å². The van der Waals surface area contributed by atoms with Crippen molar-refractivity contribution in [1.29, 1.82) is 0 Å². The summed E-state index contributed by atoms with van der Waals surface area (Å²) < 4.78 is 33.2. The Kier molecular flexibility index (Phi) is 5.09. The monoisotopic (exact) mass is 394 g/mol. The van der Waals surface area contributed by atoms with Crippen LogP contribution in [0.25, 0.3) is 0 Å². The lowest BCUT2D eigenvalue weighted by molar-refractivity contribution is -0.0370. The van der Waals surface area contributed by atoms with Crippen LogP contribution in [0.4, 0.5) is 5.69 Å². The Morgan fingerprint density at radius 2 is 2.04 bits per heavy atom. The average Bonchev–Trinajstić information content (AvgIpc) is 3.01. The van der Waals surface area contributed by atoms with Gasteiger partial charge in [-0.1, -0.05) is 6.07 Å². The van der Waals surface area contributed by atoms with Crippen molar-refractivity contribution in [1.82, 2.24) is 4.90 Å². The molecule has 3 rings (SSSR count). The van der Waals surface area contributed by atoms with Crippen molar-refractivity contribution < 1.29 is 17.9 Å². The molecule has 1 fully saturated rings. The first-order valence-corrected chi connectivity index (χ1v) is 10.6. The minimum atomic E-state index is -3.66. The van der Waals surface area contributed by atoms with Gasteiger partial charge in [-0.15, -0.1) is 11.3 Å². The van der Waals surface area contributed by atoms with Gasteiger partial charge in [0.25, 0.3) is 15.9 Å². The van der Waals surface area contributed by atoms with Crippen molar-refractivity contribution in [2.45, 2.75) is 30.5 Å². The standard InChI is InChI=1S/C18H22N2O4S2/c1-13-7-8-16(25-13)26(22,23)19-15-6-4-5-14(11-15)17(21)20-9-10-24-12-18(20,2)3/h4-8,11,19H,9-10,12H2,1-3H3. The fourth-order valence-corrected chi connectivity index (χ4v) is 5.20. The molecule has 1 aromatic heterocycles. The summed E-state index contributed by atoms with van der Waals surface area (Å²) in [6, 6.07) is 9.93. The molecule has 8 heteroatoms. The van der Waals surface area contributed by atoms with Gasteiger partial charge < -0.3 is 9.64 Å². The molecule has 140 valence electrons. The molecule has 0 saturated carbocycles. The second kappa shape index (κ2) is 7.02. The van der Waals surface area contributed by atoms with Crippen molar-refractivity contribution in [3.05, 3.63) is 46.8 Å². The van der Waals surface area contributed by atoms with Gasteiger partial charge >= 0.3 is 0 Å². The molecule has 2 aromatic rings. The first-order valence-electron chi connectivity index (χ1n) is 8.28. The fourth-order valence-electron chi connectivity index (χ4n) is 2.87. The molecule has 1 saturated heterocycles. The molecule has 1 aromatic carbocycles. The number of anilines is 1. The summed E-state index contributed by atoms with van der Waals surface area (Å²) in [5.41, 5.74) is 0.412. The second-order valence-corrected chi connectivity index (χ2v) is 10.1. The maximum Gasteiger partial charge on any atom is 0.271 e. The van der Waals surface area contributed by atoms with E-state index in [0.717, 1.165) is 4.88 Å². The van der Waals surface area contributed by atoms with E-state index in [1.807, 2.05) is 20.8 Å². The molecule has 0 aliphatic carbocycles. The van der Waals surface area contributed by atoms with Gasteiger partial charge in [-0.2, -0.15) is 0 Å². The number of hydrogen-bond acceptors (Lipinski definition) is 5. The van der Waals surface area contributed by atoms with E-state index in [1.165, 1.54) is 11.3 Å². The lowest BCUT2D eigenvalue weighted by atomic mass is 10.0. The highest BCUT2D eigenvalue weighted by molar-refractivity contribution is 7.94. The number of amides is 1. The molecule has 1 N–H and O–H groups in total. The molecule has 0 bridgehead atoms. The van der Waals surface area contributed by atoms with Gasteiger partial charge in [0.15, 0.2) is 0 Å². The van der Waals surface area contributed by atoms with Crippen LogP contribution in [0.1, 0.15) is 29.1 Å². The minimum absolute atomic E-state index is 0.133. The highest BCUT2D eigenvalue weighted by Crippen LogP contribution is 2.25. The maximum atomic E-state index is 12.9. The lowest BCUT2D eigenvalue weighted by Crippen LogP contribution is -2.55. The van der Waals surface area contributed by atoms with E-state index in [-0.39, 0.29) is 10.1 Å². The number of morpholine rings is 1. The van der Waals surface area contributed by atoms with Crippen LogP contribution in [0.15, 0.2) is 40.6 Å². The van der Waals surface area contributed by atoms with Crippen molar-refractivity contribution in [2.24, 2.45) is 0 Å². The molecule has 26 heavy (non-hydrogen) atoms. The molecule has 2 heterocycles. The predicted molar refractivity (Wildman–Crippen MR) is 102 cm³/mol. The number of ether oxygens (including phenoxy) is 1. The second-order valence-electron chi connectivity index (χ2n) is 6.87. The summed E-state index contributed by atoms with van der Waals surface area (Å²) in [6.07, 6.45) is 0. The van der Waals surface area contributed by atoms with Crippen LogP contribution in [-0.4, -0.2) is 44.5 Å². The third kappa shape index (κ3) is 3.92. The van der Waals surface area contributed by atoms with Gasteiger partial charge in [0.05, 0.1) is 18.8 Å². The zero-order chi connectivity index (χ0) is 18.9. The largest absolute Gasteiger partial charge is 0.377 e. The third-order valence-electron chi connectivity index (χ3n) is 4.23. The molecule has 1 amide bonds. The lowest BCUT2D eigenvalue weighted by Gasteiger charge is -2.42. The Morgan fingerprint density at radius 3 is 2.69 bits per heavy atom. The predicted octanol–water partition coefficient (Wildman–Crippen LogP) is 3.11. The number of carbonyl (C=O) groups is 1. The summed E-state index contributed by atoms with van der Waals surface area (Å²) in [7, 11) is -3.66. The zero-order valence-electron chi connectivity index (χ0n) is 15.0. The molecular formula is C18H22N2O4S2.